The lowest BCUT2D eigenvalue weighted by molar-refractivity contribution is 0.564. The third-order valence-corrected chi connectivity index (χ3v) is 3.42. The van der Waals surface area contributed by atoms with E-state index in [-0.39, 0.29) is 0 Å². The second kappa shape index (κ2) is 14.4. The highest BCUT2D eigenvalue weighted by Crippen LogP contribution is 2.14. The second-order valence-electron chi connectivity index (χ2n) is 5.64. The average Bonchev–Trinajstić information content (AvgIpc) is 2.87. The Morgan fingerprint density at radius 3 is 2.14 bits per heavy atom. The zero-order valence-electron chi connectivity index (χ0n) is 15.6. The van der Waals surface area contributed by atoms with Gasteiger partial charge in [0.05, 0.1) is 0 Å². The quantitative estimate of drug-likeness (QED) is 0.429. The Morgan fingerprint density at radius 2 is 1.91 bits per heavy atom. The molecule has 0 aliphatic carbocycles. The Balaban J connectivity index is 0. The van der Waals surface area contributed by atoms with Crippen LogP contribution >= 0.6 is 0 Å². The van der Waals surface area contributed by atoms with E-state index in [9.17, 15) is 0 Å². The van der Waals surface area contributed by atoms with Gasteiger partial charge in [-0.25, -0.2) is 0 Å². The number of H-pyrrole nitrogens is 1. The molecule has 0 aliphatic rings. The molecule has 0 amide bonds. The van der Waals surface area contributed by atoms with Crippen LogP contribution in [0.5, 0.6) is 0 Å². The molecule has 1 aromatic heterocycles. The minimum atomic E-state index is 0.556. The van der Waals surface area contributed by atoms with E-state index in [2.05, 4.69) is 32.0 Å². The number of unbranched alkanes of at least 4 members (excludes halogenated alkanes) is 1. The summed E-state index contributed by atoms with van der Waals surface area (Å²) in [5, 5.41) is 7.43. The number of rotatable bonds is 6. The number of hydrogen-bond donors (Lipinski definition) is 2. The molecule has 0 bridgehead atoms. The molecule has 1 heterocycles. The molecule has 1 rings (SSSR count). The molecule has 0 saturated carbocycles. The van der Waals surface area contributed by atoms with Crippen molar-refractivity contribution < 1.29 is 0 Å². The topological polar surface area (TPSA) is 39.6 Å². The van der Waals surface area contributed by atoms with Gasteiger partial charge in [-0.05, 0) is 63.7 Å². The van der Waals surface area contributed by atoms with Crippen LogP contribution in [-0.2, 0) is 0 Å². The van der Waals surface area contributed by atoms with Gasteiger partial charge in [0, 0.05) is 17.6 Å². The van der Waals surface area contributed by atoms with Crippen molar-refractivity contribution in [1.29, 1.82) is 5.41 Å². The van der Waals surface area contributed by atoms with Crippen LogP contribution in [0.4, 0.5) is 0 Å². The van der Waals surface area contributed by atoms with Crippen LogP contribution in [0.15, 0.2) is 31.5 Å². The fourth-order valence-corrected chi connectivity index (χ4v) is 2.09. The van der Waals surface area contributed by atoms with E-state index in [1.54, 1.807) is 6.08 Å². The molecule has 0 radical (unpaired) electrons. The van der Waals surface area contributed by atoms with Crippen LogP contribution in [-0.4, -0.2) is 10.7 Å². The highest BCUT2D eigenvalue weighted by molar-refractivity contribution is 5.81. The molecule has 126 valence electrons. The van der Waals surface area contributed by atoms with Crippen LogP contribution < -0.4 is 0 Å². The number of allylic oxidation sites excluding steroid dienone is 2. The molecule has 1 atom stereocenters. The summed E-state index contributed by atoms with van der Waals surface area (Å²) in [5.41, 5.74) is 4.40. The van der Waals surface area contributed by atoms with E-state index < -0.39 is 0 Å². The summed E-state index contributed by atoms with van der Waals surface area (Å²) >= 11 is 0. The molecule has 1 unspecified atom stereocenters. The van der Waals surface area contributed by atoms with E-state index in [0.717, 1.165) is 17.7 Å². The Morgan fingerprint density at radius 1 is 1.36 bits per heavy atom. The predicted molar refractivity (Wildman–Crippen MR) is 103 cm³/mol. The first-order valence-electron chi connectivity index (χ1n) is 8.27. The van der Waals surface area contributed by atoms with E-state index in [1.807, 2.05) is 40.0 Å². The Hall–Kier alpha value is -1.57. The van der Waals surface area contributed by atoms with E-state index >= 15 is 0 Å². The first kappa shape index (κ1) is 22.7. The summed E-state index contributed by atoms with van der Waals surface area (Å²) in [4.78, 5) is 3.09. The molecule has 22 heavy (non-hydrogen) atoms. The third-order valence-electron chi connectivity index (χ3n) is 3.42. The standard InChI is InChI=1S/C9H19N.C8H11N.C3H6/c1-4-6-7-9(5-2)8(3)10;1-6(2)8-4-5-9-7(8)3;1-3-2/h9-10H,4-7H2,1-3H3;4-5,9H,1H2,2-3H3;3H,1H2,2H3. The Labute approximate surface area is 138 Å². The van der Waals surface area contributed by atoms with Crippen molar-refractivity contribution in [1.82, 2.24) is 4.98 Å². The summed E-state index contributed by atoms with van der Waals surface area (Å²) in [6, 6.07) is 2.04. The van der Waals surface area contributed by atoms with Crippen molar-refractivity contribution in [2.24, 2.45) is 5.92 Å². The van der Waals surface area contributed by atoms with Crippen LogP contribution in [0.1, 0.15) is 71.6 Å². The van der Waals surface area contributed by atoms with Crippen molar-refractivity contribution in [2.75, 3.05) is 0 Å². The molecule has 0 aliphatic heterocycles. The zero-order valence-corrected chi connectivity index (χ0v) is 15.6. The van der Waals surface area contributed by atoms with Crippen molar-refractivity contribution in [3.8, 4) is 0 Å². The van der Waals surface area contributed by atoms with Crippen molar-refractivity contribution in [3.63, 3.8) is 0 Å². The fraction of sp³-hybridized carbons (Fsp3) is 0.550. The number of aromatic nitrogens is 1. The van der Waals surface area contributed by atoms with Gasteiger partial charge < -0.3 is 10.4 Å². The largest absolute Gasteiger partial charge is 0.365 e. The average molecular weight is 305 g/mol. The second-order valence-corrected chi connectivity index (χ2v) is 5.64. The van der Waals surface area contributed by atoms with Gasteiger partial charge in [-0.1, -0.05) is 39.3 Å². The van der Waals surface area contributed by atoms with Crippen molar-refractivity contribution >= 4 is 11.3 Å². The molecule has 0 saturated heterocycles. The summed E-state index contributed by atoms with van der Waals surface area (Å²) < 4.78 is 0. The van der Waals surface area contributed by atoms with Crippen molar-refractivity contribution in [3.05, 3.63) is 42.8 Å². The first-order chi connectivity index (χ1) is 10.3. The number of aromatic amines is 1. The van der Waals surface area contributed by atoms with Gasteiger partial charge in [-0.3, -0.25) is 0 Å². The molecule has 2 N–H and O–H groups in total. The minimum Gasteiger partial charge on any atom is -0.365 e. The molecule has 1 aromatic rings. The number of aryl methyl sites for hydroxylation is 1. The molecule has 0 spiro atoms. The van der Waals surface area contributed by atoms with Crippen LogP contribution in [0.3, 0.4) is 0 Å². The lowest BCUT2D eigenvalue weighted by Crippen LogP contribution is -2.08. The molecular weight excluding hydrogens is 268 g/mol. The highest BCUT2D eigenvalue weighted by Gasteiger charge is 2.06. The zero-order chi connectivity index (χ0) is 17.5. The lowest BCUT2D eigenvalue weighted by Gasteiger charge is -2.11. The van der Waals surface area contributed by atoms with Crippen LogP contribution in [0.2, 0.25) is 0 Å². The maximum atomic E-state index is 7.43. The van der Waals surface area contributed by atoms with Gasteiger partial charge >= 0.3 is 0 Å². The maximum absolute atomic E-state index is 7.43. The minimum absolute atomic E-state index is 0.556. The van der Waals surface area contributed by atoms with Gasteiger partial charge in [0.15, 0.2) is 0 Å². The smallest absolute Gasteiger partial charge is 0.0191 e. The van der Waals surface area contributed by atoms with Crippen LogP contribution in [0.25, 0.3) is 5.57 Å². The van der Waals surface area contributed by atoms with Crippen LogP contribution in [0, 0.1) is 18.3 Å². The summed E-state index contributed by atoms with van der Waals surface area (Å²) in [6.07, 6.45) is 8.55. The molecular formula is C20H36N2. The third kappa shape index (κ3) is 11.1. The summed E-state index contributed by atoms with van der Waals surface area (Å²) in [6.45, 7) is 19.4. The molecule has 2 nitrogen and oxygen atoms in total. The van der Waals surface area contributed by atoms with Gasteiger partial charge in [-0.15, -0.1) is 6.58 Å². The molecule has 2 heteroatoms. The lowest BCUT2D eigenvalue weighted by atomic mass is 9.95. The monoisotopic (exact) mass is 304 g/mol. The Bertz CT molecular complexity index is 427. The normalized spacial score (nSPS) is 10.5. The summed E-state index contributed by atoms with van der Waals surface area (Å²) in [5.74, 6) is 0.556. The van der Waals surface area contributed by atoms with Gasteiger partial charge in [0.2, 0.25) is 0 Å². The highest BCUT2D eigenvalue weighted by atomic mass is 14.7. The SMILES string of the molecule is C=C(C)c1cc[nH]c1C.C=CC.CCCCC(CC)C(C)=N. The molecule has 0 fully saturated rings. The van der Waals surface area contributed by atoms with E-state index in [1.165, 1.54) is 30.5 Å². The van der Waals surface area contributed by atoms with Gasteiger partial charge in [0.25, 0.3) is 0 Å². The van der Waals surface area contributed by atoms with Gasteiger partial charge in [-0.2, -0.15) is 0 Å². The fourth-order valence-electron chi connectivity index (χ4n) is 2.09. The van der Waals surface area contributed by atoms with Crippen molar-refractivity contribution in [2.45, 2.75) is 67.2 Å². The van der Waals surface area contributed by atoms with E-state index in [4.69, 9.17) is 5.41 Å². The number of nitrogens with one attached hydrogen (secondary N) is 2. The number of hydrogen-bond acceptors (Lipinski definition) is 1. The maximum Gasteiger partial charge on any atom is 0.0191 e. The Kier molecular flexibility index (Phi) is 14.8. The summed E-state index contributed by atoms with van der Waals surface area (Å²) in [7, 11) is 0. The van der Waals surface area contributed by atoms with E-state index in [0.29, 0.717) is 5.92 Å². The predicted octanol–water partition coefficient (Wildman–Crippen LogP) is 6.79. The first-order valence-corrected chi connectivity index (χ1v) is 8.27. The molecule has 0 aromatic carbocycles. The van der Waals surface area contributed by atoms with Gasteiger partial charge in [0.1, 0.15) is 0 Å².